The van der Waals surface area contributed by atoms with Crippen LogP contribution in [-0.2, 0) is 9.84 Å². The molecule has 0 aliphatic carbocycles. The van der Waals surface area contributed by atoms with Gasteiger partial charge in [0.1, 0.15) is 16.7 Å². The van der Waals surface area contributed by atoms with Gasteiger partial charge in [-0.1, -0.05) is 41.4 Å². The molecule has 23 heavy (non-hydrogen) atoms. The van der Waals surface area contributed by atoms with Gasteiger partial charge in [-0.3, -0.25) is 0 Å². The summed E-state index contributed by atoms with van der Waals surface area (Å²) in [5.41, 5.74) is 0.466. The van der Waals surface area contributed by atoms with Crippen molar-refractivity contribution < 1.29 is 13.2 Å². The Labute approximate surface area is 144 Å². The third-order valence-electron chi connectivity index (χ3n) is 3.01. The van der Waals surface area contributed by atoms with Crippen molar-refractivity contribution in [3.63, 3.8) is 0 Å². The van der Waals surface area contributed by atoms with Crippen molar-refractivity contribution in [2.24, 2.45) is 0 Å². The molecule has 0 heterocycles. The molecule has 0 unspecified atom stereocenters. The minimum Gasteiger partial charge on any atom is -0.496 e. The van der Waals surface area contributed by atoms with Crippen molar-refractivity contribution in [3.05, 3.63) is 63.0 Å². The van der Waals surface area contributed by atoms with Crippen LogP contribution in [0.2, 0.25) is 10.0 Å². The highest BCUT2D eigenvalue weighted by Gasteiger charge is 2.24. The van der Waals surface area contributed by atoms with Gasteiger partial charge in [-0.2, -0.15) is 5.26 Å². The van der Waals surface area contributed by atoms with Gasteiger partial charge >= 0.3 is 0 Å². The average Bonchev–Trinajstić information content (AvgIpc) is 2.54. The molecule has 0 saturated heterocycles. The van der Waals surface area contributed by atoms with Crippen molar-refractivity contribution in [3.8, 4) is 11.8 Å². The molecule has 2 aromatic rings. The van der Waals surface area contributed by atoms with E-state index in [0.29, 0.717) is 11.3 Å². The summed E-state index contributed by atoms with van der Waals surface area (Å²) in [7, 11) is -2.64. The number of nitrogens with zero attached hydrogens (tertiary/aromatic N) is 1. The van der Waals surface area contributed by atoms with Crippen LogP contribution >= 0.6 is 23.2 Å². The van der Waals surface area contributed by atoms with E-state index in [0.717, 1.165) is 0 Å². The Bertz CT molecular complexity index is 915. The van der Waals surface area contributed by atoms with Crippen LogP contribution in [-0.4, -0.2) is 15.5 Å². The Morgan fingerprint density at radius 1 is 1.22 bits per heavy atom. The Kier molecular flexibility index (Phi) is 5.32. The lowest BCUT2D eigenvalue weighted by molar-refractivity contribution is 0.414. The topological polar surface area (TPSA) is 67.2 Å². The second-order valence-electron chi connectivity index (χ2n) is 4.44. The Morgan fingerprint density at radius 2 is 1.91 bits per heavy atom. The molecule has 118 valence electrons. The van der Waals surface area contributed by atoms with E-state index in [-0.39, 0.29) is 14.9 Å². The first kappa shape index (κ1) is 17.4. The van der Waals surface area contributed by atoms with E-state index in [2.05, 4.69) is 0 Å². The van der Waals surface area contributed by atoms with E-state index < -0.39 is 14.7 Å². The quantitative estimate of drug-likeness (QED) is 0.753. The molecule has 0 saturated carbocycles. The normalized spacial score (nSPS) is 11.8. The third kappa shape index (κ3) is 3.67. The summed E-state index contributed by atoms with van der Waals surface area (Å²) in [6, 6.07) is 12.5. The number of ether oxygens (including phenoxy) is 1. The minimum absolute atomic E-state index is 0.00410. The van der Waals surface area contributed by atoms with E-state index in [1.807, 2.05) is 0 Å². The molecule has 0 aliphatic rings. The monoisotopic (exact) mass is 367 g/mol. The van der Waals surface area contributed by atoms with E-state index in [4.69, 9.17) is 27.9 Å². The van der Waals surface area contributed by atoms with Gasteiger partial charge in [0.2, 0.25) is 9.84 Å². The number of sulfone groups is 1. The molecule has 0 N–H and O–H groups in total. The summed E-state index contributed by atoms with van der Waals surface area (Å²) >= 11 is 11.8. The van der Waals surface area contributed by atoms with Gasteiger partial charge in [0.05, 0.1) is 17.0 Å². The van der Waals surface area contributed by atoms with Gasteiger partial charge in [-0.25, -0.2) is 8.42 Å². The number of halogens is 2. The number of nitriles is 1. The highest BCUT2D eigenvalue weighted by atomic mass is 35.5. The van der Waals surface area contributed by atoms with Crippen LogP contribution in [0.5, 0.6) is 5.75 Å². The second kappa shape index (κ2) is 7.05. The molecule has 0 aromatic heterocycles. The predicted octanol–water partition coefficient (Wildman–Crippen LogP) is 4.34. The molecular weight excluding hydrogens is 357 g/mol. The lowest BCUT2D eigenvalue weighted by Crippen LogP contribution is -2.04. The highest BCUT2D eigenvalue weighted by Crippen LogP contribution is 2.31. The Morgan fingerprint density at radius 3 is 2.57 bits per heavy atom. The van der Waals surface area contributed by atoms with Gasteiger partial charge in [-0.05, 0) is 30.3 Å². The standard InChI is InChI=1S/C16H11Cl2NO3S/c1-22-15-5-3-2-4-11(15)8-13(10-19)23(20,21)16-9-12(17)6-7-14(16)18/h2-9H,1H3/b13-8+. The number of allylic oxidation sites excluding steroid dienone is 1. The van der Waals surface area contributed by atoms with Crippen molar-refractivity contribution in [2.45, 2.75) is 4.90 Å². The maximum Gasteiger partial charge on any atom is 0.218 e. The largest absolute Gasteiger partial charge is 0.496 e. The molecule has 0 spiro atoms. The maximum atomic E-state index is 12.7. The van der Waals surface area contributed by atoms with Crippen molar-refractivity contribution in [1.82, 2.24) is 0 Å². The van der Waals surface area contributed by atoms with Crippen LogP contribution in [0.1, 0.15) is 5.56 Å². The molecule has 4 nitrogen and oxygen atoms in total. The van der Waals surface area contributed by atoms with Crippen LogP contribution in [0.3, 0.4) is 0 Å². The Hall–Kier alpha value is -2.00. The van der Waals surface area contributed by atoms with Gasteiger partial charge in [-0.15, -0.1) is 0 Å². The summed E-state index contributed by atoms with van der Waals surface area (Å²) in [6.45, 7) is 0. The fraction of sp³-hybridized carbons (Fsp3) is 0.0625. The zero-order valence-corrected chi connectivity index (χ0v) is 14.3. The number of para-hydroxylation sites is 1. The van der Waals surface area contributed by atoms with Crippen LogP contribution < -0.4 is 4.74 Å². The molecule has 2 aromatic carbocycles. The van der Waals surface area contributed by atoms with Crippen LogP contribution in [0.4, 0.5) is 0 Å². The van der Waals surface area contributed by atoms with Gasteiger partial charge in [0.25, 0.3) is 0 Å². The number of hydrogen-bond acceptors (Lipinski definition) is 4. The van der Waals surface area contributed by atoms with Gasteiger partial charge in [0.15, 0.2) is 0 Å². The number of hydrogen-bond donors (Lipinski definition) is 0. The van der Waals surface area contributed by atoms with Gasteiger partial charge < -0.3 is 4.74 Å². The van der Waals surface area contributed by atoms with E-state index in [9.17, 15) is 13.7 Å². The zero-order chi connectivity index (χ0) is 17.0. The molecule has 0 radical (unpaired) electrons. The average molecular weight is 368 g/mol. The van der Waals surface area contributed by atoms with Crippen LogP contribution in [0.15, 0.2) is 52.3 Å². The molecule has 0 amide bonds. The molecule has 7 heteroatoms. The zero-order valence-electron chi connectivity index (χ0n) is 12.0. The summed E-state index contributed by atoms with van der Waals surface area (Å²) < 4.78 is 30.5. The van der Waals surface area contributed by atoms with Crippen LogP contribution in [0.25, 0.3) is 6.08 Å². The molecule has 0 fully saturated rings. The van der Waals surface area contributed by atoms with Crippen molar-refractivity contribution >= 4 is 39.1 Å². The summed E-state index contributed by atoms with van der Waals surface area (Å²) in [4.78, 5) is -0.666. The lowest BCUT2D eigenvalue weighted by Gasteiger charge is -2.08. The molecule has 0 bridgehead atoms. The number of methoxy groups -OCH3 is 1. The third-order valence-corrected chi connectivity index (χ3v) is 5.39. The number of benzene rings is 2. The smallest absolute Gasteiger partial charge is 0.218 e. The molecule has 0 aliphatic heterocycles. The second-order valence-corrected chi connectivity index (χ2v) is 7.17. The summed E-state index contributed by atoms with van der Waals surface area (Å²) in [5, 5.41) is 9.50. The first-order valence-corrected chi connectivity index (χ1v) is 8.59. The van der Waals surface area contributed by atoms with E-state index in [1.54, 1.807) is 30.3 Å². The molecular formula is C16H11Cl2NO3S. The first-order valence-electron chi connectivity index (χ1n) is 6.35. The van der Waals surface area contributed by atoms with Crippen molar-refractivity contribution in [1.29, 1.82) is 5.26 Å². The summed E-state index contributed by atoms with van der Waals surface area (Å²) in [5.74, 6) is 0.452. The van der Waals surface area contributed by atoms with Crippen LogP contribution in [0, 0.1) is 11.3 Å². The van der Waals surface area contributed by atoms with Crippen molar-refractivity contribution in [2.75, 3.05) is 7.11 Å². The fourth-order valence-corrected chi connectivity index (χ4v) is 3.80. The first-order chi connectivity index (χ1) is 10.9. The highest BCUT2D eigenvalue weighted by molar-refractivity contribution is 7.95. The number of rotatable bonds is 4. The SMILES string of the molecule is COc1ccccc1/C=C(\C#N)S(=O)(=O)c1cc(Cl)ccc1Cl. The molecule has 0 atom stereocenters. The lowest BCUT2D eigenvalue weighted by atomic mass is 10.2. The Balaban J connectivity index is 2.63. The maximum absolute atomic E-state index is 12.7. The minimum atomic E-state index is -4.10. The fourth-order valence-electron chi connectivity index (χ4n) is 1.90. The van der Waals surface area contributed by atoms with E-state index in [1.165, 1.54) is 31.4 Å². The molecule has 2 rings (SSSR count). The summed E-state index contributed by atoms with van der Waals surface area (Å²) in [6.07, 6.45) is 1.24. The predicted molar refractivity (Wildman–Crippen MR) is 90.2 cm³/mol. The van der Waals surface area contributed by atoms with Gasteiger partial charge in [0, 0.05) is 10.6 Å². The van der Waals surface area contributed by atoms with E-state index >= 15 is 0 Å².